The third-order valence-electron chi connectivity index (χ3n) is 1.45. The second kappa shape index (κ2) is 5.90. The van der Waals surface area contributed by atoms with E-state index in [2.05, 4.69) is 31.8 Å². The van der Waals surface area contributed by atoms with Gasteiger partial charge in [-0.1, -0.05) is 18.6 Å². The number of nitrogens with zero attached hydrogens (tertiary/aromatic N) is 1. The first-order valence-electron chi connectivity index (χ1n) is 4.01. The standard InChI is InChI=1S/C10H17N/c1-5-6-7-8-11-10(4)9(2)3/h6-8H,5H2,1-4H3/b7-6-,11-8?. The highest BCUT2D eigenvalue weighted by Gasteiger charge is 1.82. The van der Waals surface area contributed by atoms with Crippen LogP contribution in [0.2, 0.25) is 0 Å². The highest BCUT2D eigenvalue weighted by atomic mass is 14.7. The highest BCUT2D eigenvalue weighted by molar-refractivity contribution is 5.72. The second-order valence-corrected chi connectivity index (χ2v) is 2.70. The van der Waals surface area contributed by atoms with Crippen LogP contribution >= 0.6 is 0 Å². The van der Waals surface area contributed by atoms with Gasteiger partial charge in [0, 0.05) is 11.9 Å². The van der Waals surface area contributed by atoms with Gasteiger partial charge < -0.3 is 0 Å². The van der Waals surface area contributed by atoms with Crippen LogP contribution in [-0.2, 0) is 0 Å². The summed E-state index contributed by atoms with van der Waals surface area (Å²) >= 11 is 0. The molecule has 0 aliphatic carbocycles. The maximum absolute atomic E-state index is 4.23. The lowest BCUT2D eigenvalue weighted by atomic mass is 10.3. The summed E-state index contributed by atoms with van der Waals surface area (Å²) in [5.41, 5.74) is 2.37. The molecule has 0 bridgehead atoms. The van der Waals surface area contributed by atoms with Crippen molar-refractivity contribution in [3.8, 4) is 0 Å². The molecule has 0 fully saturated rings. The SMILES string of the molecule is CC/C=C\C=NC(C)=C(C)C. The molecule has 0 radical (unpaired) electrons. The second-order valence-electron chi connectivity index (χ2n) is 2.70. The van der Waals surface area contributed by atoms with Crippen molar-refractivity contribution in [3.05, 3.63) is 23.4 Å². The quantitative estimate of drug-likeness (QED) is 0.548. The third kappa shape index (κ3) is 5.59. The van der Waals surface area contributed by atoms with Crippen molar-refractivity contribution in [1.82, 2.24) is 0 Å². The molecule has 0 aromatic heterocycles. The molecule has 1 nitrogen and oxygen atoms in total. The summed E-state index contributed by atoms with van der Waals surface area (Å²) in [6.07, 6.45) is 6.97. The normalized spacial score (nSPS) is 11.3. The number of hydrogen-bond acceptors (Lipinski definition) is 1. The molecule has 0 atom stereocenters. The Hall–Kier alpha value is -0.850. The molecule has 0 amide bonds. The average Bonchev–Trinajstić information content (AvgIpc) is 1.97. The molecule has 11 heavy (non-hydrogen) atoms. The third-order valence-corrected chi connectivity index (χ3v) is 1.45. The van der Waals surface area contributed by atoms with Gasteiger partial charge in [-0.05, 0) is 33.3 Å². The van der Waals surface area contributed by atoms with E-state index in [1.54, 1.807) is 0 Å². The van der Waals surface area contributed by atoms with Gasteiger partial charge in [-0.25, -0.2) is 0 Å². The molecular weight excluding hydrogens is 134 g/mol. The van der Waals surface area contributed by atoms with Crippen LogP contribution in [-0.4, -0.2) is 6.21 Å². The Morgan fingerprint density at radius 1 is 1.27 bits per heavy atom. The van der Waals surface area contributed by atoms with Gasteiger partial charge in [-0.3, -0.25) is 4.99 Å². The van der Waals surface area contributed by atoms with Gasteiger partial charge in [0.2, 0.25) is 0 Å². The molecule has 0 rings (SSSR count). The fraction of sp³-hybridized carbons (Fsp3) is 0.500. The Balaban J connectivity index is 3.94. The van der Waals surface area contributed by atoms with Crippen LogP contribution < -0.4 is 0 Å². The zero-order valence-electron chi connectivity index (χ0n) is 7.89. The zero-order valence-corrected chi connectivity index (χ0v) is 7.89. The first-order valence-corrected chi connectivity index (χ1v) is 4.01. The smallest absolute Gasteiger partial charge is 0.0359 e. The minimum absolute atomic E-state index is 1.07. The maximum atomic E-state index is 4.23. The average molecular weight is 151 g/mol. The Morgan fingerprint density at radius 2 is 1.91 bits per heavy atom. The molecule has 0 aliphatic heterocycles. The Kier molecular flexibility index (Phi) is 5.44. The molecule has 62 valence electrons. The first kappa shape index (κ1) is 10.2. The number of allylic oxidation sites excluding steroid dienone is 4. The number of aliphatic imine (C=N–C) groups is 1. The first-order chi connectivity index (χ1) is 5.18. The van der Waals surface area contributed by atoms with Crippen molar-refractivity contribution < 1.29 is 0 Å². The summed E-state index contributed by atoms with van der Waals surface area (Å²) in [7, 11) is 0. The van der Waals surface area contributed by atoms with Gasteiger partial charge in [0.25, 0.3) is 0 Å². The van der Waals surface area contributed by atoms with E-state index >= 15 is 0 Å². The van der Waals surface area contributed by atoms with Gasteiger partial charge in [-0.15, -0.1) is 0 Å². The van der Waals surface area contributed by atoms with Crippen molar-refractivity contribution in [2.75, 3.05) is 0 Å². The van der Waals surface area contributed by atoms with E-state index in [1.165, 1.54) is 5.57 Å². The molecule has 0 aromatic rings. The zero-order chi connectivity index (χ0) is 8.69. The van der Waals surface area contributed by atoms with Gasteiger partial charge in [-0.2, -0.15) is 0 Å². The fourth-order valence-corrected chi connectivity index (χ4v) is 0.481. The lowest BCUT2D eigenvalue weighted by Crippen LogP contribution is -1.74. The van der Waals surface area contributed by atoms with Gasteiger partial charge in [0.05, 0.1) is 0 Å². The molecule has 0 unspecified atom stereocenters. The predicted molar refractivity (Wildman–Crippen MR) is 52.0 cm³/mol. The Bertz CT molecular complexity index is 181. The van der Waals surface area contributed by atoms with E-state index in [9.17, 15) is 0 Å². The van der Waals surface area contributed by atoms with Crippen LogP contribution in [0, 0.1) is 0 Å². The van der Waals surface area contributed by atoms with Crippen molar-refractivity contribution in [2.45, 2.75) is 34.1 Å². The van der Waals surface area contributed by atoms with Crippen LogP contribution in [0.1, 0.15) is 34.1 Å². The number of rotatable bonds is 3. The van der Waals surface area contributed by atoms with Crippen LogP contribution in [0.3, 0.4) is 0 Å². The van der Waals surface area contributed by atoms with Gasteiger partial charge in [0.15, 0.2) is 0 Å². The molecular formula is C10H17N. The molecule has 0 aromatic carbocycles. The largest absolute Gasteiger partial charge is 0.262 e. The van der Waals surface area contributed by atoms with Crippen LogP contribution in [0.25, 0.3) is 0 Å². The fourth-order valence-electron chi connectivity index (χ4n) is 0.481. The number of hydrogen-bond donors (Lipinski definition) is 0. The summed E-state index contributed by atoms with van der Waals surface area (Å²) in [5.74, 6) is 0. The summed E-state index contributed by atoms with van der Waals surface area (Å²) in [5, 5.41) is 0. The minimum atomic E-state index is 1.07. The van der Waals surface area contributed by atoms with Gasteiger partial charge >= 0.3 is 0 Å². The maximum Gasteiger partial charge on any atom is 0.0359 e. The monoisotopic (exact) mass is 151 g/mol. The van der Waals surface area contributed by atoms with E-state index < -0.39 is 0 Å². The van der Waals surface area contributed by atoms with Crippen LogP contribution in [0.5, 0.6) is 0 Å². The topological polar surface area (TPSA) is 12.4 Å². The Morgan fingerprint density at radius 3 is 2.36 bits per heavy atom. The summed E-state index contributed by atoms with van der Waals surface area (Å²) < 4.78 is 0. The molecule has 0 saturated heterocycles. The van der Waals surface area contributed by atoms with Crippen molar-refractivity contribution in [2.24, 2.45) is 4.99 Å². The lowest BCUT2D eigenvalue weighted by Gasteiger charge is -1.92. The van der Waals surface area contributed by atoms with Crippen molar-refractivity contribution in [3.63, 3.8) is 0 Å². The van der Waals surface area contributed by atoms with Crippen LogP contribution in [0.4, 0.5) is 0 Å². The highest BCUT2D eigenvalue weighted by Crippen LogP contribution is 2.01. The minimum Gasteiger partial charge on any atom is -0.262 e. The molecule has 0 saturated carbocycles. The van der Waals surface area contributed by atoms with E-state index in [4.69, 9.17) is 0 Å². The Labute approximate surface area is 69.5 Å². The van der Waals surface area contributed by atoms with Gasteiger partial charge in [0.1, 0.15) is 0 Å². The van der Waals surface area contributed by atoms with E-state index in [-0.39, 0.29) is 0 Å². The molecule has 0 aliphatic rings. The molecule has 0 heterocycles. The summed E-state index contributed by atoms with van der Waals surface area (Å²) in [6.45, 7) is 8.26. The van der Waals surface area contributed by atoms with Crippen molar-refractivity contribution in [1.29, 1.82) is 0 Å². The van der Waals surface area contributed by atoms with Crippen LogP contribution in [0.15, 0.2) is 28.4 Å². The summed E-state index contributed by atoms with van der Waals surface area (Å²) in [4.78, 5) is 4.23. The lowest BCUT2D eigenvalue weighted by molar-refractivity contribution is 1.19. The molecule has 0 N–H and O–H groups in total. The molecule has 1 heteroatoms. The van der Waals surface area contributed by atoms with E-state index in [1.807, 2.05) is 19.2 Å². The predicted octanol–water partition coefficient (Wildman–Crippen LogP) is 3.34. The summed E-state index contributed by atoms with van der Waals surface area (Å²) in [6, 6.07) is 0. The van der Waals surface area contributed by atoms with E-state index in [0.717, 1.165) is 12.1 Å². The van der Waals surface area contributed by atoms with E-state index in [0.29, 0.717) is 0 Å². The molecule has 0 spiro atoms. The van der Waals surface area contributed by atoms with Crippen molar-refractivity contribution >= 4 is 6.21 Å².